The number of furan rings is 1. The van der Waals surface area contributed by atoms with E-state index in [0.717, 1.165) is 0 Å². The van der Waals surface area contributed by atoms with Crippen LogP contribution in [0.2, 0.25) is 5.02 Å². The van der Waals surface area contributed by atoms with E-state index in [1.54, 1.807) is 6.92 Å². The molecule has 25 heavy (non-hydrogen) atoms. The van der Waals surface area contributed by atoms with Crippen molar-refractivity contribution in [1.29, 1.82) is 0 Å². The van der Waals surface area contributed by atoms with Gasteiger partial charge in [-0.2, -0.15) is 0 Å². The quantitative estimate of drug-likeness (QED) is 0.602. The number of anilines is 1. The van der Waals surface area contributed by atoms with Crippen LogP contribution < -0.4 is 15.8 Å². The van der Waals surface area contributed by atoms with Gasteiger partial charge < -0.3 is 24.9 Å². The van der Waals surface area contributed by atoms with E-state index >= 15 is 0 Å². The molecule has 3 N–H and O–H groups in total. The van der Waals surface area contributed by atoms with E-state index in [2.05, 4.69) is 10.1 Å². The molecule has 136 valence electrons. The molecule has 0 atom stereocenters. The third-order valence-corrected chi connectivity index (χ3v) is 3.69. The van der Waals surface area contributed by atoms with Gasteiger partial charge in [0.15, 0.2) is 0 Å². The fourth-order valence-electron chi connectivity index (χ4n) is 2.12. The van der Waals surface area contributed by atoms with Gasteiger partial charge in [-0.25, -0.2) is 4.79 Å². The highest BCUT2D eigenvalue weighted by molar-refractivity contribution is 6.33. The summed E-state index contributed by atoms with van der Waals surface area (Å²) >= 11 is 5.95. The summed E-state index contributed by atoms with van der Waals surface area (Å²) in [5, 5.41) is 2.92. The van der Waals surface area contributed by atoms with E-state index in [0.29, 0.717) is 28.5 Å². The number of halogens is 2. The van der Waals surface area contributed by atoms with E-state index in [1.165, 1.54) is 32.4 Å². The molecule has 1 aromatic carbocycles. The first kappa shape index (κ1) is 20.7. The molecule has 9 heteroatoms. The largest absolute Gasteiger partial charge is 0.496 e. The van der Waals surface area contributed by atoms with Crippen LogP contribution in [-0.2, 0) is 11.3 Å². The average Bonchev–Trinajstić information content (AvgIpc) is 2.94. The Kier molecular flexibility index (Phi) is 7.14. The summed E-state index contributed by atoms with van der Waals surface area (Å²) in [6.45, 7) is 1.72. The number of esters is 1. The number of nitrogen functional groups attached to an aromatic ring is 1. The fraction of sp³-hybridized carbons (Fsp3) is 0.250. The lowest BCUT2D eigenvalue weighted by Crippen LogP contribution is -2.23. The lowest BCUT2D eigenvalue weighted by Gasteiger charge is -2.10. The minimum Gasteiger partial charge on any atom is -0.496 e. The molecule has 0 aliphatic rings. The van der Waals surface area contributed by atoms with Crippen molar-refractivity contribution in [3.8, 4) is 5.75 Å². The minimum atomic E-state index is -0.499. The van der Waals surface area contributed by atoms with Crippen LogP contribution in [0, 0.1) is 6.92 Å². The standard InChI is InChI=1S/C16H17ClN2O5.ClH/c1-8-10(16(21)23-3)4-9(24-8)7-19-15(20)11-5-12(17)13(18)6-14(11)22-2;/h4-6H,7,18H2,1-3H3,(H,19,20);1H. The van der Waals surface area contributed by atoms with Crippen molar-refractivity contribution >= 4 is 41.6 Å². The van der Waals surface area contributed by atoms with Gasteiger partial charge in [0.2, 0.25) is 0 Å². The van der Waals surface area contributed by atoms with Crippen molar-refractivity contribution in [2.75, 3.05) is 20.0 Å². The predicted molar refractivity (Wildman–Crippen MR) is 95.6 cm³/mol. The van der Waals surface area contributed by atoms with Crippen molar-refractivity contribution in [2.45, 2.75) is 13.5 Å². The van der Waals surface area contributed by atoms with Crippen LogP contribution in [0.4, 0.5) is 5.69 Å². The number of rotatable bonds is 5. The molecule has 0 aliphatic carbocycles. The second-order valence-corrected chi connectivity index (χ2v) is 5.34. The van der Waals surface area contributed by atoms with Crippen LogP contribution in [0.5, 0.6) is 5.75 Å². The summed E-state index contributed by atoms with van der Waals surface area (Å²) in [5.41, 5.74) is 6.56. The Bertz CT molecular complexity index is 789. The number of hydrogen-bond donors (Lipinski definition) is 2. The number of aryl methyl sites for hydroxylation is 1. The molecule has 2 rings (SSSR count). The molecule has 1 aromatic heterocycles. The van der Waals surface area contributed by atoms with Gasteiger partial charge in [-0.05, 0) is 19.1 Å². The lowest BCUT2D eigenvalue weighted by atomic mass is 10.1. The molecular weight excluding hydrogens is 371 g/mol. The maximum Gasteiger partial charge on any atom is 0.341 e. The van der Waals surface area contributed by atoms with Crippen molar-refractivity contribution in [3.63, 3.8) is 0 Å². The van der Waals surface area contributed by atoms with Crippen LogP contribution in [0.25, 0.3) is 0 Å². The molecule has 0 bridgehead atoms. The van der Waals surface area contributed by atoms with Crippen molar-refractivity contribution < 1.29 is 23.5 Å². The van der Waals surface area contributed by atoms with Gasteiger partial charge in [-0.3, -0.25) is 4.79 Å². The van der Waals surface area contributed by atoms with Crippen molar-refractivity contribution in [3.05, 3.63) is 45.9 Å². The van der Waals surface area contributed by atoms with Crippen LogP contribution in [0.1, 0.15) is 32.2 Å². The number of nitrogens with one attached hydrogen (secondary N) is 1. The molecule has 0 saturated carbocycles. The lowest BCUT2D eigenvalue weighted by molar-refractivity contribution is 0.0598. The number of carbonyl (C=O) groups excluding carboxylic acids is 2. The average molecular weight is 389 g/mol. The number of methoxy groups -OCH3 is 2. The summed E-state index contributed by atoms with van der Waals surface area (Å²) in [4.78, 5) is 23.9. The maximum atomic E-state index is 12.3. The van der Waals surface area contributed by atoms with Gasteiger partial charge in [0.1, 0.15) is 22.8 Å². The smallest absolute Gasteiger partial charge is 0.341 e. The molecule has 0 radical (unpaired) electrons. The molecule has 0 fully saturated rings. The first-order chi connectivity index (χ1) is 11.4. The highest BCUT2D eigenvalue weighted by Gasteiger charge is 2.18. The molecule has 7 nitrogen and oxygen atoms in total. The van der Waals surface area contributed by atoms with Crippen LogP contribution in [-0.4, -0.2) is 26.1 Å². The zero-order chi connectivity index (χ0) is 17.9. The Morgan fingerprint density at radius 2 is 1.92 bits per heavy atom. The maximum absolute atomic E-state index is 12.3. The van der Waals surface area contributed by atoms with Crippen LogP contribution >= 0.6 is 24.0 Å². The van der Waals surface area contributed by atoms with Crippen molar-refractivity contribution in [1.82, 2.24) is 5.32 Å². The number of benzene rings is 1. The Morgan fingerprint density at radius 3 is 2.52 bits per heavy atom. The first-order valence-electron chi connectivity index (χ1n) is 6.96. The second kappa shape index (κ2) is 8.64. The van der Waals surface area contributed by atoms with E-state index < -0.39 is 11.9 Å². The summed E-state index contributed by atoms with van der Waals surface area (Å²) in [5.74, 6) is 0.226. The Labute approximate surface area is 155 Å². The molecule has 1 heterocycles. The number of amides is 1. The summed E-state index contributed by atoms with van der Waals surface area (Å²) in [7, 11) is 2.71. The second-order valence-electron chi connectivity index (χ2n) is 4.93. The number of carbonyl (C=O) groups is 2. The number of ether oxygens (including phenoxy) is 2. The highest BCUT2D eigenvalue weighted by Crippen LogP contribution is 2.28. The minimum absolute atomic E-state index is 0. The predicted octanol–water partition coefficient (Wildman–Crippen LogP) is 2.97. The molecule has 1 amide bonds. The molecule has 0 saturated heterocycles. The third-order valence-electron chi connectivity index (χ3n) is 3.36. The first-order valence-corrected chi connectivity index (χ1v) is 7.34. The Hall–Kier alpha value is -2.38. The van der Waals surface area contributed by atoms with Crippen LogP contribution in [0.15, 0.2) is 22.6 Å². The van der Waals surface area contributed by atoms with E-state index in [4.69, 9.17) is 26.5 Å². The SMILES string of the molecule is COC(=O)c1cc(CNC(=O)c2cc(Cl)c(N)cc2OC)oc1C.Cl. The summed E-state index contributed by atoms with van der Waals surface area (Å²) in [6, 6.07) is 4.43. The van der Waals surface area contributed by atoms with Crippen molar-refractivity contribution in [2.24, 2.45) is 0 Å². The summed E-state index contributed by atoms with van der Waals surface area (Å²) in [6.07, 6.45) is 0. The zero-order valence-electron chi connectivity index (χ0n) is 13.8. The van der Waals surface area contributed by atoms with Gasteiger partial charge in [-0.1, -0.05) is 11.6 Å². The molecule has 0 spiro atoms. The fourth-order valence-corrected chi connectivity index (χ4v) is 2.29. The van der Waals surface area contributed by atoms with E-state index in [9.17, 15) is 9.59 Å². The highest BCUT2D eigenvalue weighted by atomic mass is 35.5. The number of nitrogens with two attached hydrogens (primary N) is 1. The van der Waals surface area contributed by atoms with Crippen LogP contribution in [0.3, 0.4) is 0 Å². The molecule has 2 aromatic rings. The Morgan fingerprint density at radius 1 is 1.24 bits per heavy atom. The normalized spacial score (nSPS) is 9.92. The zero-order valence-corrected chi connectivity index (χ0v) is 15.4. The van der Waals surface area contributed by atoms with E-state index in [-0.39, 0.29) is 29.5 Å². The molecular formula is C16H18Cl2N2O5. The van der Waals surface area contributed by atoms with Gasteiger partial charge in [0, 0.05) is 6.07 Å². The summed E-state index contributed by atoms with van der Waals surface area (Å²) < 4.78 is 15.2. The van der Waals surface area contributed by atoms with Gasteiger partial charge >= 0.3 is 5.97 Å². The monoisotopic (exact) mass is 388 g/mol. The van der Waals surface area contributed by atoms with Gasteiger partial charge in [-0.15, -0.1) is 12.4 Å². The third kappa shape index (κ3) is 4.58. The topological polar surface area (TPSA) is 104 Å². The van der Waals surface area contributed by atoms with Gasteiger partial charge in [0.05, 0.1) is 37.0 Å². The number of hydrogen-bond acceptors (Lipinski definition) is 6. The van der Waals surface area contributed by atoms with E-state index in [1.807, 2.05) is 0 Å². The Balaban J connectivity index is 0.00000312. The van der Waals surface area contributed by atoms with Gasteiger partial charge in [0.25, 0.3) is 5.91 Å². The molecule has 0 aliphatic heterocycles. The molecule has 0 unspecified atom stereocenters.